The van der Waals surface area contributed by atoms with Crippen molar-refractivity contribution in [3.8, 4) is 6.07 Å². The maximum absolute atomic E-state index is 12.7. The summed E-state index contributed by atoms with van der Waals surface area (Å²) in [4.78, 5) is 17.3. The lowest BCUT2D eigenvalue weighted by Gasteiger charge is -2.02. The van der Waals surface area contributed by atoms with E-state index in [1.807, 2.05) is 24.3 Å². The number of thiazole rings is 1. The summed E-state index contributed by atoms with van der Waals surface area (Å²) in [6.45, 7) is 0. The molecule has 0 fully saturated rings. The van der Waals surface area contributed by atoms with Crippen LogP contribution in [0.2, 0.25) is 0 Å². The third-order valence-corrected chi connectivity index (χ3v) is 4.51. The Balaban J connectivity index is 2.45. The first-order valence-electron chi connectivity index (χ1n) is 6.01. The minimum atomic E-state index is -0.125. The molecule has 0 atom stereocenters. The van der Waals surface area contributed by atoms with Gasteiger partial charge >= 0.3 is 0 Å². The molecule has 94 valence electrons. The van der Waals surface area contributed by atoms with Crippen LogP contribution >= 0.6 is 11.3 Å². The maximum atomic E-state index is 12.7. The molecule has 0 spiro atoms. The van der Waals surface area contributed by atoms with Gasteiger partial charge in [-0.2, -0.15) is 5.26 Å². The topological polar surface area (TPSA) is 58.2 Å². The minimum absolute atomic E-state index is 0.125. The monoisotopic (exact) mass is 277 g/mol. The summed E-state index contributed by atoms with van der Waals surface area (Å²) in [5, 5.41) is 10.6. The first-order chi connectivity index (χ1) is 9.81. The van der Waals surface area contributed by atoms with Crippen molar-refractivity contribution >= 4 is 37.2 Å². The van der Waals surface area contributed by atoms with Gasteiger partial charge in [0, 0.05) is 17.8 Å². The molecule has 0 aliphatic carbocycles. The number of pyridine rings is 2. The standard InChI is InChI=1S/C15H7N3OS/c16-7-10-9-5-6-17-8-11(9)14(19)18-12-3-1-2-4-13(12)20-15(10)18/h1-6,8H. The van der Waals surface area contributed by atoms with Gasteiger partial charge in [0.2, 0.25) is 0 Å². The molecule has 0 N–H and O–H groups in total. The molecule has 0 unspecified atom stereocenters. The van der Waals surface area contributed by atoms with Gasteiger partial charge in [0.25, 0.3) is 5.56 Å². The van der Waals surface area contributed by atoms with Crippen LogP contribution in [0.3, 0.4) is 0 Å². The van der Waals surface area contributed by atoms with Gasteiger partial charge in [0.05, 0.1) is 21.2 Å². The SMILES string of the molecule is N#Cc1c2ccncc2c(=O)n2c1sc1ccccc12. The fraction of sp³-hybridized carbons (Fsp3) is 0. The summed E-state index contributed by atoms with van der Waals surface area (Å²) >= 11 is 1.46. The van der Waals surface area contributed by atoms with E-state index in [2.05, 4.69) is 11.1 Å². The van der Waals surface area contributed by atoms with Crippen LogP contribution in [0.1, 0.15) is 5.56 Å². The number of para-hydroxylation sites is 1. The first-order valence-corrected chi connectivity index (χ1v) is 6.83. The number of hydrogen-bond donors (Lipinski definition) is 0. The molecular formula is C15H7N3OS. The molecule has 1 aromatic carbocycles. The molecular weight excluding hydrogens is 270 g/mol. The number of fused-ring (bicyclic) bond motifs is 4. The fourth-order valence-corrected chi connectivity index (χ4v) is 3.63. The Morgan fingerprint density at radius 2 is 2.05 bits per heavy atom. The Kier molecular flexibility index (Phi) is 2.17. The third kappa shape index (κ3) is 1.29. The predicted molar refractivity (Wildman–Crippen MR) is 79.1 cm³/mol. The van der Waals surface area contributed by atoms with Crippen molar-refractivity contribution in [2.75, 3.05) is 0 Å². The second-order valence-electron chi connectivity index (χ2n) is 4.42. The predicted octanol–water partition coefficient (Wildman–Crippen LogP) is 2.93. The highest BCUT2D eigenvalue weighted by molar-refractivity contribution is 7.24. The van der Waals surface area contributed by atoms with E-state index < -0.39 is 0 Å². The molecule has 0 aliphatic rings. The van der Waals surface area contributed by atoms with E-state index in [0.717, 1.165) is 10.2 Å². The summed E-state index contributed by atoms with van der Waals surface area (Å²) in [6, 6.07) is 11.6. The van der Waals surface area contributed by atoms with Crippen molar-refractivity contribution < 1.29 is 0 Å². The minimum Gasteiger partial charge on any atom is -0.268 e. The van der Waals surface area contributed by atoms with Crippen molar-refractivity contribution in [1.29, 1.82) is 5.26 Å². The Labute approximate surface area is 117 Å². The molecule has 0 amide bonds. The Bertz CT molecular complexity index is 1090. The number of benzene rings is 1. The first kappa shape index (κ1) is 11.1. The number of nitriles is 1. The molecule has 0 radical (unpaired) electrons. The highest BCUT2D eigenvalue weighted by Gasteiger charge is 2.15. The summed E-state index contributed by atoms with van der Waals surface area (Å²) < 4.78 is 2.60. The van der Waals surface area contributed by atoms with Crippen LogP contribution in [-0.2, 0) is 0 Å². The zero-order chi connectivity index (χ0) is 13.7. The van der Waals surface area contributed by atoms with Gasteiger partial charge < -0.3 is 0 Å². The van der Waals surface area contributed by atoms with Gasteiger partial charge in [0.15, 0.2) is 0 Å². The van der Waals surface area contributed by atoms with Crippen molar-refractivity contribution in [3.05, 3.63) is 58.6 Å². The molecule has 4 aromatic rings. The molecule has 3 heterocycles. The lowest BCUT2D eigenvalue weighted by Crippen LogP contribution is -2.13. The van der Waals surface area contributed by atoms with E-state index >= 15 is 0 Å². The number of hydrogen-bond acceptors (Lipinski definition) is 4. The van der Waals surface area contributed by atoms with E-state index in [4.69, 9.17) is 0 Å². The van der Waals surface area contributed by atoms with E-state index in [9.17, 15) is 10.1 Å². The second kappa shape index (κ2) is 3.89. The smallest absolute Gasteiger partial charge is 0.265 e. The summed E-state index contributed by atoms with van der Waals surface area (Å²) in [7, 11) is 0. The van der Waals surface area contributed by atoms with Crippen molar-refractivity contribution in [2.24, 2.45) is 0 Å². The molecule has 20 heavy (non-hydrogen) atoms. The van der Waals surface area contributed by atoms with Crippen LogP contribution in [0, 0.1) is 11.3 Å². The van der Waals surface area contributed by atoms with Gasteiger partial charge in [-0.05, 0) is 18.2 Å². The molecule has 0 saturated heterocycles. The van der Waals surface area contributed by atoms with E-state index in [1.54, 1.807) is 16.7 Å². The van der Waals surface area contributed by atoms with Gasteiger partial charge in [0.1, 0.15) is 10.9 Å². The maximum Gasteiger partial charge on any atom is 0.265 e. The fourth-order valence-electron chi connectivity index (χ4n) is 2.48. The average Bonchev–Trinajstić information content (AvgIpc) is 2.87. The van der Waals surface area contributed by atoms with Gasteiger partial charge in [-0.3, -0.25) is 14.2 Å². The highest BCUT2D eigenvalue weighted by Crippen LogP contribution is 2.30. The number of nitrogens with zero attached hydrogens (tertiary/aromatic N) is 3. The van der Waals surface area contributed by atoms with Gasteiger partial charge in [-0.25, -0.2) is 0 Å². The quantitative estimate of drug-likeness (QED) is 0.496. The van der Waals surface area contributed by atoms with Crippen LogP contribution in [0.4, 0.5) is 0 Å². The second-order valence-corrected chi connectivity index (χ2v) is 5.45. The Morgan fingerprint density at radius 1 is 1.20 bits per heavy atom. The van der Waals surface area contributed by atoms with Crippen LogP contribution in [0.5, 0.6) is 0 Å². The van der Waals surface area contributed by atoms with Crippen LogP contribution < -0.4 is 5.56 Å². The van der Waals surface area contributed by atoms with Crippen LogP contribution in [0.25, 0.3) is 25.8 Å². The molecule has 3 aromatic heterocycles. The van der Waals surface area contributed by atoms with Crippen LogP contribution in [0.15, 0.2) is 47.5 Å². The molecule has 0 bridgehead atoms. The zero-order valence-electron chi connectivity index (χ0n) is 10.2. The third-order valence-electron chi connectivity index (χ3n) is 3.37. The summed E-state index contributed by atoms with van der Waals surface area (Å²) in [5.41, 5.74) is 1.24. The van der Waals surface area contributed by atoms with Crippen molar-refractivity contribution in [3.63, 3.8) is 0 Å². The summed E-state index contributed by atoms with van der Waals surface area (Å²) in [6.07, 6.45) is 3.13. The highest BCUT2D eigenvalue weighted by atomic mass is 32.1. The van der Waals surface area contributed by atoms with Gasteiger partial charge in [-0.15, -0.1) is 11.3 Å². The lowest BCUT2D eigenvalue weighted by molar-refractivity contribution is 1.19. The zero-order valence-corrected chi connectivity index (χ0v) is 11.0. The van der Waals surface area contributed by atoms with E-state index in [-0.39, 0.29) is 5.56 Å². The largest absolute Gasteiger partial charge is 0.268 e. The molecule has 5 heteroatoms. The summed E-state index contributed by atoms with van der Waals surface area (Å²) in [5.74, 6) is 0. The Hall–Kier alpha value is -2.71. The lowest BCUT2D eigenvalue weighted by atomic mass is 10.1. The molecule has 0 saturated carbocycles. The molecule has 4 rings (SSSR count). The number of rotatable bonds is 0. The number of aromatic nitrogens is 2. The van der Waals surface area contributed by atoms with Crippen molar-refractivity contribution in [1.82, 2.24) is 9.38 Å². The van der Waals surface area contributed by atoms with Gasteiger partial charge in [-0.1, -0.05) is 12.1 Å². The van der Waals surface area contributed by atoms with E-state index in [1.165, 1.54) is 17.5 Å². The Morgan fingerprint density at radius 3 is 2.90 bits per heavy atom. The average molecular weight is 277 g/mol. The normalized spacial score (nSPS) is 11.2. The molecule has 4 nitrogen and oxygen atoms in total. The van der Waals surface area contributed by atoms with Crippen molar-refractivity contribution in [2.45, 2.75) is 0 Å². The van der Waals surface area contributed by atoms with Crippen LogP contribution in [-0.4, -0.2) is 9.38 Å². The molecule has 0 aliphatic heterocycles. The van der Waals surface area contributed by atoms with E-state index in [0.29, 0.717) is 21.2 Å².